The minimum atomic E-state index is 0.0936. The van der Waals surface area contributed by atoms with Gasteiger partial charge in [-0.1, -0.05) is 12.1 Å². The number of pyridine rings is 1. The molecule has 1 fully saturated rings. The van der Waals surface area contributed by atoms with Gasteiger partial charge in [0.2, 0.25) is 0 Å². The molecular weight excluding hydrogens is 240 g/mol. The zero-order valence-electron chi connectivity index (χ0n) is 11.1. The number of hydrogen-bond donors (Lipinski definition) is 1. The molecule has 4 nitrogen and oxygen atoms in total. The number of morpholine rings is 1. The molecule has 1 aromatic carbocycles. The Hall–Kier alpha value is -1.65. The molecule has 100 valence electrons. The second-order valence-corrected chi connectivity index (χ2v) is 4.55. The van der Waals surface area contributed by atoms with E-state index in [2.05, 4.69) is 22.4 Å². The summed E-state index contributed by atoms with van der Waals surface area (Å²) in [6, 6.07) is 8.12. The van der Waals surface area contributed by atoms with Crippen LogP contribution in [0.2, 0.25) is 0 Å². The third-order valence-electron chi connectivity index (χ3n) is 3.34. The summed E-state index contributed by atoms with van der Waals surface area (Å²) in [4.78, 5) is 4.45. The highest BCUT2D eigenvalue weighted by Gasteiger charge is 2.19. The van der Waals surface area contributed by atoms with Crippen LogP contribution in [0.25, 0.3) is 10.9 Å². The fraction of sp³-hybridized carbons (Fsp3) is 0.400. The number of ether oxygens (including phenoxy) is 2. The summed E-state index contributed by atoms with van der Waals surface area (Å²) in [7, 11) is 0. The molecule has 0 saturated carbocycles. The van der Waals surface area contributed by atoms with Gasteiger partial charge < -0.3 is 14.8 Å². The number of hydrogen-bond acceptors (Lipinski definition) is 4. The molecule has 1 aromatic heterocycles. The van der Waals surface area contributed by atoms with Crippen molar-refractivity contribution >= 4 is 10.9 Å². The smallest absolute Gasteiger partial charge is 0.145 e. The van der Waals surface area contributed by atoms with Gasteiger partial charge in [-0.2, -0.15) is 0 Å². The highest BCUT2D eigenvalue weighted by molar-refractivity contribution is 5.87. The van der Waals surface area contributed by atoms with Crippen molar-refractivity contribution in [2.45, 2.75) is 13.0 Å². The van der Waals surface area contributed by atoms with Crippen LogP contribution in [0, 0.1) is 0 Å². The first-order valence-electron chi connectivity index (χ1n) is 6.73. The van der Waals surface area contributed by atoms with E-state index in [1.54, 1.807) is 6.20 Å². The van der Waals surface area contributed by atoms with Crippen LogP contribution in [0.15, 0.2) is 30.5 Å². The Morgan fingerprint density at radius 2 is 2.37 bits per heavy atom. The van der Waals surface area contributed by atoms with Crippen molar-refractivity contribution in [3.8, 4) is 5.75 Å². The summed E-state index contributed by atoms with van der Waals surface area (Å²) in [5.41, 5.74) is 2.09. The predicted octanol–water partition coefficient (Wildman–Crippen LogP) is 2.29. The van der Waals surface area contributed by atoms with Crippen LogP contribution in [0.1, 0.15) is 18.6 Å². The van der Waals surface area contributed by atoms with Gasteiger partial charge in [0, 0.05) is 24.7 Å². The first-order chi connectivity index (χ1) is 9.40. The van der Waals surface area contributed by atoms with Gasteiger partial charge in [0.1, 0.15) is 11.3 Å². The molecule has 4 heteroatoms. The number of aromatic nitrogens is 1. The molecule has 1 saturated heterocycles. The lowest BCUT2D eigenvalue weighted by atomic mass is 10.0. The van der Waals surface area contributed by atoms with Crippen molar-refractivity contribution in [1.82, 2.24) is 10.3 Å². The highest BCUT2D eigenvalue weighted by atomic mass is 16.5. The summed E-state index contributed by atoms with van der Waals surface area (Å²) < 4.78 is 11.5. The van der Waals surface area contributed by atoms with Gasteiger partial charge in [-0.15, -0.1) is 0 Å². The lowest BCUT2D eigenvalue weighted by Gasteiger charge is -2.25. The quantitative estimate of drug-likeness (QED) is 0.917. The van der Waals surface area contributed by atoms with E-state index in [1.807, 2.05) is 19.1 Å². The Balaban J connectivity index is 2.07. The lowest BCUT2D eigenvalue weighted by Crippen LogP contribution is -2.33. The van der Waals surface area contributed by atoms with E-state index in [1.165, 1.54) is 5.56 Å². The molecule has 1 unspecified atom stereocenters. The van der Waals surface area contributed by atoms with Crippen molar-refractivity contribution in [3.63, 3.8) is 0 Å². The summed E-state index contributed by atoms with van der Waals surface area (Å²) in [6.07, 6.45) is 1.89. The second-order valence-electron chi connectivity index (χ2n) is 4.55. The van der Waals surface area contributed by atoms with Crippen LogP contribution in [-0.4, -0.2) is 31.3 Å². The van der Waals surface area contributed by atoms with Crippen LogP contribution in [-0.2, 0) is 4.74 Å². The van der Waals surface area contributed by atoms with Gasteiger partial charge in [-0.3, -0.25) is 4.98 Å². The topological polar surface area (TPSA) is 43.4 Å². The van der Waals surface area contributed by atoms with Crippen molar-refractivity contribution in [2.75, 3.05) is 26.3 Å². The second kappa shape index (κ2) is 5.55. The molecular formula is C15H18N2O2. The van der Waals surface area contributed by atoms with E-state index < -0.39 is 0 Å². The van der Waals surface area contributed by atoms with E-state index in [0.29, 0.717) is 6.61 Å². The minimum absolute atomic E-state index is 0.0936. The van der Waals surface area contributed by atoms with Crippen molar-refractivity contribution in [1.29, 1.82) is 0 Å². The molecule has 2 aromatic rings. The Morgan fingerprint density at radius 1 is 1.42 bits per heavy atom. The van der Waals surface area contributed by atoms with Gasteiger partial charge in [0.15, 0.2) is 0 Å². The standard InChI is InChI=1S/C15H18N2O2/c1-2-18-13-6-5-11(14-10-16-8-9-19-14)12-4-3-7-17-15(12)13/h3-7,14,16H,2,8-10H2,1H3. The largest absolute Gasteiger partial charge is 0.492 e. The summed E-state index contributed by atoms with van der Waals surface area (Å²) in [6.45, 7) is 5.14. The third kappa shape index (κ3) is 2.41. The summed E-state index contributed by atoms with van der Waals surface area (Å²) in [5.74, 6) is 0.839. The van der Waals surface area contributed by atoms with E-state index in [-0.39, 0.29) is 6.10 Å². The van der Waals surface area contributed by atoms with E-state index in [4.69, 9.17) is 9.47 Å². The van der Waals surface area contributed by atoms with Crippen molar-refractivity contribution in [3.05, 3.63) is 36.0 Å². The van der Waals surface area contributed by atoms with E-state index >= 15 is 0 Å². The number of rotatable bonds is 3. The Kier molecular flexibility index (Phi) is 3.62. The summed E-state index contributed by atoms with van der Waals surface area (Å²) in [5, 5.41) is 4.47. The lowest BCUT2D eigenvalue weighted by molar-refractivity contribution is 0.0286. The normalized spacial score (nSPS) is 19.5. The molecule has 1 aliphatic heterocycles. The number of nitrogens with one attached hydrogen (secondary N) is 1. The highest BCUT2D eigenvalue weighted by Crippen LogP contribution is 2.31. The molecule has 1 aliphatic rings. The molecule has 2 heterocycles. The van der Waals surface area contributed by atoms with Gasteiger partial charge >= 0.3 is 0 Å². The van der Waals surface area contributed by atoms with Gasteiger partial charge in [0.25, 0.3) is 0 Å². The summed E-state index contributed by atoms with van der Waals surface area (Å²) >= 11 is 0. The molecule has 19 heavy (non-hydrogen) atoms. The minimum Gasteiger partial charge on any atom is -0.492 e. The molecule has 1 N–H and O–H groups in total. The maximum atomic E-state index is 5.84. The molecule has 0 spiro atoms. The first kappa shape index (κ1) is 12.4. The monoisotopic (exact) mass is 258 g/mol. The SMILES string of the molecule is CCOc1ccc(C2CNCCO2)c2cccnc12. The van der Waals surface area contributed by atoms with Crippen LogP contribution in [0.5, 0.6) is 5.75 Å². The first-order valence-corrected chi connectivity index (χ1v) is 6.73. The van der Waals surface area contributed by atoms with E-state index in [0.717, 1.165) is 36.3 Å². The van der Waals surface area contributed by atoms with Crippen LogP contribution >= 0.6 is 0 Å². The van der Waals surface area contributed by atoms with Crippen LogP contribution in [0.3, 0.4) is 0 Å². The predicted molar refractivity (Wildman–Crippen MR) is 74.5 cm³/mol. The Bertz CT molecular complexity index is 565. The van der Waals surface area contributed by atoms with Crippen LogP contribution in [0.4, 0.5) is 0 Å². The Morgan fingerprint density at radius 3 is 3.16 bits per heavy atom. The molecule has 0 aliphatic carbocycles. The number of nitrogens with zero attached hydrogens (tertiary/aromatic N) is 1. The zero-order valence-corrected chi connectivity index (χ0v) is 11.1. The van der Waals surface area contributed by atoms with Gasteiger partial charge in [-0.05, 0) is 24.6 Å². The van der Waals surface area contributed by atoms with Crippen molar-refractivity contribution in [2.24, 2.45) is 0 Å². The third-order valence-corrected chi connectivity index (χ3v) is 3.34. The zero-order chi connectivity index (χ0) is 13.1. The average Bonchev–Trinajstić information content (AvgIpc) is 2.49. The van der Waals surface area contributed by atoms with Gasteiger partial charge in [-0.25, -0.2) is 0 Å². The molecule has 0 amide bonds. The maximum absolute atomic E-state index is 5.84. The van der Waals surface area contributed by atoms with Crippen LogP contribution < -0.4 is 10.1 Å². The molecule has 0 bridgehead atoms. The van der Waals surface area contributed by atoms with E-state index in [9.17, 15) is 0 Å². The van der Waals surface area contributed by atoms with Crippen molar-refractivity contribution < 1.29 is 9.47 Å². The average molecular weight is 258 g/mol. The maximum Gasteiger partial charge on any atom is 0.145 e. The Labute approximate surface area is 112 Å². The molecule has 0 radical (unpaired) electrons. The molecule has 1 atom stereocenters. The molecule has 3 rings (SSSR count). The fourth-order valence-corrected chi connectivity index (χ4v) is 2.49. The van der Waals surface area contributed by atoms with Gasteiger partial charge in [0.05, 0.1) is 19.3 Å². The number of fused-ring (bicyclic) bond motifs is 1. The number of benzene rings is 1. The fourth-order valence-electron chi connectivity index (χ4n) is 2.49.